The Morgan fingerprint density at radius 3 is 2.85 bits per heavy atom. The van der Waals surface area contributed by atoms with Gasteiger partial charge in [-0.1, -0.05) is 6.07 Å². The lowest BCUT2D eigenvalue weighted by Crippen LogP contribution is -2.32. The van der Waals surface area contributed by atoms with Crippen LogP contribution in [0, 0.1) is 0 Å². The maximum atomic E-state index is 11.3. The normalized spacial score (nSPS) is 9.69. The van der Waals surface area contributed by atoms with E-state index in [1.165, 1.54) is 0 Å². The van der Waals surface area contributed by atoms with E-state index in [9.17, 15) is 4.79 Å². The van der Waals surface area contributed by atoms with E-state index < -0.39 is 0 Å². The van der Waals surface area contributed by atoms with Crippen LogP contribution >= 0.6 is 11.6 Å². The van der Waals surface area contributed by atoms with Gasteiger partial charge < -0.3 is 0 Å². The van der Waals surface area contributed by atoms with Gasteiger partial charge in [-0.15, -0.1) is 11.6 Å². The van der Waals surface area contributed by atoms with Crippen LogP contribution in [0.5, 0.6) is 0 Å². The number of hydrogen-bond donors (Lipinski definition) is 0. The second-order valence-electron chi connectivity index (χ2n) is 2.46. The van der Waals surface area contributed by atoms with Crippen molar-refractivity contribution < 1.29 is 4.79 Å². The lowest BCUT2D eigenvalue weighted by molar-refractivity contribution is -0.116. The van der Waals surface area contributed by atoms with E-state index in [1.54, 1.807) is 17.2 Å². The number of carbonyl (C=O) groups is 1. The summed E-state index contributed by atoms with van der Waals surface area (Å²) in [5.41, 5.74) is 0. The molecule has 0 spiro atoms. The number of alkyl halides is 1. The number of anilines is 1. The fraction of sp³-hybridized carbons (Fsp3) is 0.333. The number of hydrogen-bond acceptors (Lipinski definition) is 2. The van der Waals surface area contributed by atoms with Gasteiger partial charge in [0.1, 0.15) is 11.7 Å². The first-order valence-corrected chi connectivity index (χ1v) is 4.60. The zero-order chi connectivity index (χ0) is 9.68. The van der Waals surface area contributed by atoms with Crippen LogP contribution in [0.3, 0.4) is 0 Å². The molecule has 0 atom stereocenters. The highest BCUT2D eigenvalue weighted by Gasteiger charge is 2.12. The van der Waals surface area contributed by atoms with Crippen molar-refractivity contribution in [1.82, 2.24) is 4.98 Å². The molecule has 0 N–H and O–H groups in total. The molecule has 70 valence electrons. The van der Waals surface area contributed by atoms with Crippen LogP contribution in [-0.2, 0) is 4.79 Å². The van der Waals surface area contributed by atoms with E-state index in [0.29, 0.717) is 12.4 Å². The first-order valence-electron chi connectivity index (χ1n) is 4.07. The molecule has 0 unspecified atom stereocenters. The van der Waals surface area contributed by atoms with Crippen molar-refractivity contribution in [3.63, 3.8) is 0 Å². The fourth-order valence-corrected chi connectivity index (χ4v) is 1.20. The summed E-state index contributed by atoms with van der Waals surface area (Å²) in [5.74, 6) is 0.517. The van der Waals surface area contributed by atoms with Crippen LogP contribution in [-0.4, -0.2) is 23.3 Å². The Balaban J connectivity index is 2.85. The minimum Gasteiger partial charge on any atom is -0.296 e. The van der Waals surface area contributed by atoms with Gasteiger partial charge in [0, 0.05) is 12.7 Å². The topological polar surface area (TPSA) is 33.2 Å². The van der Waals surface area contributed by atoms with Crippen molar-refractivity contribution in [2.24, 2.45) is 0 Å². The zero-order valence-electron chi connectivity index (χ0n) is 7.40. The standard InChI is InChI=1S/C9H11ClN2O/c1-2-12(9(13)7-10)8-5-3-4-6-11-8/h3-6H,2,7H2,1H3. The molecular formula is C9H11ClN2O. The van der Waals surface area contributed by atoms with Crippen molar-refractivity contribution in [3.05, 3.63) is 24.4 Å². The van der Waals surface area contributed by atoms with Gasteiger partial charge in [0.25, 0.3) is 0 Å². The molecule has 1 amide bonds. The highest BCUT2D eigenvalue weighted by molar-refractivity contribution is 6.29. The Bertz CT molecular complexity index is 276. The molecule has 4 heteroatoms. The number of pyridine rings is 1. The molecule has 0 bridgehead atoms. The third-order valence-electron chi connectivity index (χ3n) is 1.66. The van der Waals surface area contributed by atoms with Crippen LogP contribution in [0.4, 0.5) is 5.82 Å². The summed E-state index contributed by atoms with van der Waals surface area (Å²) in [6.45, 7) is 2.47. The summed E-state index contributed by atoms with van der Waals surface area (Å²) in [5, 5.41) is 0. The molecule has 0 radical (unpaired) electrons. The van der Waals surface area contributed by atoms with Gasteiger partial charge in [-0.2, -0.15) is 0 Å². The number of halogens is 1. The van der Waals surface area contributed by atoms with Crippen molar-refractivity contribution >= 4 is 23.3 Å². The van der Waals surface area contributed by atoms with Gasteiger partial charge in [0.15, 0.2) is 0 Å². The smallest absolute Gasteiger partial charge is 0.243 e. The van der Waals surface area contributed by atoms with Gasteiger partial charge >= 0.3 is 0 Å². The minimum atomic E-state index is -0.122. The Labute approximate surface area is 82.3 Å². The second kappa shape index (κ2) is 4.82. The van der Waals surface area contributed by atoms with Gasteiger partial charge in [0.2, 0.25) is 5.91 Å². The number of carbonyl (C=O) groups excluding carboxylic acids is 1. The zero-order valence-corrected chi connectivity index (χ0v) is 8.16. The molecule has 3 nitrogen and oxygen atoms in total. The maximum absolute atomic E-state index is 11.3. The summed E-state index contributed by atoms with van der Waals surface area (Å²) < 4.78 is 0. The van der Waals surface area contributed by atoms with Gasteiger partial charge in [-0.3, -0.25) is 9.69 Å². The Morgan fingerprint density at radius 1 is 1.62 bits per heavy atom. The van der Waals surface area contributed by atoms with Gasteiger partial charge in [0.05, 0.1) is 0 Å². The summed E-state index contributed by atoms with van der Waals surface area (Å²) in [7, 11) is 0. The molecule has 1 aromatic heterocycles. The number of aromatic nitrogens is 1. The van der Waals surface area contributed by atoms with E-state index in [-0.39, 0.29) is 11.8 Å². The molecule has 0 aromatic carbocycles. The molecule has 0 aliphatic carbocycles. The average molecular weight is 199 g/mol. The monoisotopic (exact) mass is 198 g/mol. The molecule has 0 aliphatic heterocycles. The van der Waals surface area contributed by atoms with Crippen molar-refractivity contribution in [1.29, 1.82) is 0 Å². The number of rotatable bonds is 3. The maximum Gasteiger partial charge on any atom is 0.243 e. The lowest BCUT2D eigenvalue weighted by atomic mass is 10.4. The molecule has 1 heterocycles. The van der Waals surface area contributed by atoms with E-state index in [4.69, 9.17) is 11.6 Å². The van der Waals surface area contributed by atoms with Crippen LogP contribution in [0.15, 0.2) is 24.4 Å². The van der Waals surface area contributed by atoms with E-state index in [0.717, 1.165) is 0 Å². The predicted molar refractivity (Wildman–Crippen MR) is 53.0 cm³/mol. The molecule has 0 fully saturated rings. The van der Waals surface area contributed by atoms with Crippen LogP contribution in [0.1, 0.15) is 6.92 Å². The SMILES string of the molecule is CCN(C(=O)CCl)c1ccccn1. The molecular weight excluding hydrogens is 188 g/mol. The first kappa shape index (κ1) is 9.99. The van der Waals surface area contributed by atoms with Crippen molar-refractivity contribution in [2.45, 2.75) is 6.92 Å². The highest BCUT2D eigenvalue weighted by Crippen LogP contribution is 2.09. The van der Waals surface area contributed by atoms with Gasteiger partial charge in [-0.25, -0.2) is 4.98 Å². The van der Waals surface area contributed by atoms with Crippen LogP contribution in [0.2, 0.25) is 0 Å². The largest absolute Gasteiger partial charge is 0.296 e. The molecule has 0 aliphatic rings. The average Bonchev–Trinajstić information content (AvgIpc) is 2.20. The quantitative estimate of drug-likeness (QED) is 0.693. The molecule has 0 saturated heterocycles. The summed E-state index contributed by atoms with van der Waals surface area (Å²) in [6.07, 6.45) is 1.65. The van der Waals surface area contributed by atoms with Crippen LogP contribution in [0.25, 0.3) is 0 Å². The van der Waals surface area contributed by atoms with E-state index >= 15 is 0 Å². The molecule has 0 saturated carbocycles. The predicted octanol–water partition coefficient (Wildman–Crippen LogP) is 1.67. The highest BCUT2D eigenvalue weighted by atomic mass is 35.5. The number of amides is 1. The molecule has 1 rings (SSSR count). The van der Waals surface area contributed by atoms with E-state index in [1.807, 2.05) is 19.1 Å². The minimum absolute atomic E-state index is 0.00951. The Morgan fingerprint density at radius 2 is 2.38 bits per heavy atom. The first-order chi connectivity index (χ1) is 6.29. The lowest BCUT2D eigenvalue weighted by Gasteiger charge is -2.17. The molecule has 1 aromatic rings. The van der Waals surface area contributed by atoms with Crippen LogP contribution < -0.4 is 4.90 Å². The summed E-state index contributed by atoms with van der Waals surface area (Å²) in [4.78, 5) is 16.9. The third-order valence-corrected chi connectivity index (χ3v) is 1.89. The second-order valence-corrected chi connectivity index (χ2v) is 2.73. The van der Waals surface area contributed by atoms with Crippen molar-refractivity contribution in [2.75, 3.05) is 17.3 Å². The van der Waals surface area contributed by atoms with Gasteiger partial charge in [-0.05, 0) is 19.1 Å². The number of nitrogens with zero attached hydrogens (tertiary/aromatic N) is 2. The van der Waals surface area contributed by atoms with E-state index in [2.05, 4.69) is 4.98 Å². The molecule has 13 heavy (non-hydrogen) atoms. The summed E-state index contributed by atoms with van der Waals surface area (Å²) in [6, 6.07) is 5.43. The Hall–Kier alpha value is -1.09. The summed E-state index contributed by atoms with van der Waals surface area (Å²) >= 11 is 5.46. The fourth-order valence-electron chi connectivity index (χ4n) is 1.05. The Kier molecular flexibility index (Phi) is 3.71. The third kappa shape index (κ3) is 2.42. The van der Waals surface area contributed by atoms with Crippen molar-refractivity contribution in [3.8, 4) is 0 Å².